The number of rotatable bonds is 3. The van der Waals surface area contributed by atoms with E-state index in [2.05, 4.69) is 16.8 Å². The Kier molecular flexibility index (Phi) is 3.41. The van der Waals surface area contributed by atoms with Crippen molar-refractivity contribution in [2.45, 2.75) is 57.0 Å². The Hall–Kier alpha value is -1.88. The third-order valence-electron chi connectivity index (χ3n) is 5.78. The van der Waals surface area contributed by atoms with Gasteiger partial charge in [-0.2, -0.15) is 0 Å². The molecule has 2 heterocycles. The molecular weight excluding hydrogens is 288 g/mol. The molecule has 0 radical (unpaired) electrons. The highest BCUT2D eigenvalue weighted by molar-refractivity contribution is 6.04. The summed E-state index contributed by atoms with van der Waals surface area (Å²) < 4.78 is 0. The number of carbonyl (C=O) groups is 1. The van der Waals surface area contributed by atoms with Gasteiger partial charge in [0.2, 0.25) is 0 Å². The molecule has 1 aromatic heterocycles. The molecule has 0 bridgehead atoms. The van der Waals surface area contributed by atoms with Crippen LogP contribution in [0.4, 0.5) is 0 Å². The highest BCUT2D eigenvalue weighted by Gasteiger charge is 2.47. The number of para-hydroxylation sites is 1. The summed E-state index contributed by atoms with van der Waals surface area (Å²) in [6.07, 6.45) is 7.74. The van der Waals surface area contributed by atoms with Crippen molar-refractivity contribution in [3.05, 3.63) is 29.6 Å². The molecule has 122 valence electrons. The summed E-state index contributed by atoms with van der Waals surface area (Å²) in [6.45, 7) is 3.41. The van der Waals surface area contributed by atoms with Crippen LogP contribution in [-0.2, 0) is 5.54 Å². The lowest BCUT2D eigenvalue weighted by atomic mass is 9.80. The first-order chi connectivity index (χ1) is 11.1. The van der Waals surface area contributed by atoms with Crippen molar-refractivity contribution in [1.29, 1.82) is 0 Å². The third-order valence-corrected chi connectivity index (χ3v) is 5.78. The number of H-pyrrole nitrogens is 1. The van der Waals surface area contributed by atoms with Gasteiger partial charge in [0.25, 0.3) is 5.91 Å². The van der Waals surface area contributed by atoms with Crippen LogP contribution in [0, 0.1) is 0 Å². The largest absolute Gasteiger partial charge is 0.366 e. The lowest BCUT2D eigenvalue weighted by molar-refractivity contribution is -0.0583. The fourth-order valence-corrected chi connectivity index (χ4v) is 4.30. The number of amides is 1. The molecule has 1 atom stereocenters. The summed E-state index contributed by atoms with van der Waals surface area (Å²) in [7, 11) is 0. The fraction of sp³-hybridized carbons (Fsp3) is 0.556. The molecule has 2 aromatic rings. The number of hydrogen-bond acceptors (Lipinski definition) is 3. The smallest absolute Gasteiger partial charge is 0.250 e. The molecule has 5 heteroatoms. The first-order valence-corrected chi connectivity index (χ1v) is 8.65. The Balaban J connectivity index is 1.70. The van der Waals surface area contributed by atoms with E-state index in [0.29, 0.717) is 17.1 Å². The molecule has 23 heavy (non-hydrogen) atoms. The Morgan fingerprint density at radius 2 is 2.13 bits per heavy atom. The fourth-order valence-electron chi connectivity index (χ4n) is 4.30. The van der Waals surface area contributed by atoms with Crippen molar-refractivity contribution in [3.8, 4) is 0 Å². The predicted octanol–water partition coefficient (Wildman–Crippen LogP) is 2.92. The number of hydrogen-bond donors (Lipinski definition) is 2. The number of carbonyl (C=O) groups excluding carboxylic acids is 1. The maximum Gasteiger partial charge on any atom is 0.250 e. The Morgan fingerprint density at radius 1 is 1.35 bits per heavy atom. The molecule has 1 aliphatic carbocycles. The van der Waals surface area contributed by atoms with Crippen LogP contribution in [0.5, 0.6) is 0 Å². The molecule has 1 amide bonds. The molecule has 1 saturated carbocycles. The van der Waals surface area contributed by atoms with Crippen molar-refractivity contribution in [1.82, 2.24) is 14.9 Å². The van der Waals surface area contributed by atoms with E-state index in [4.69, 9.17) is 10.7 Å². The van der Waals surface area contributed by atoms with E-state index in [0.717, 1.165) is 24.3 Å². The van der Waals surface area contributed by atoms with E-state index in [1.165, 1.54) is 32.1 Å². The maximum atomic E-state index is 11.6. The van der Waals surface area contributed by atoms with E-state index < -0.39 is 5.91 Å². The van der Waals surface area contributed by atoms with Gasteiger partial charge in [-0.1, -0.05) is 25.3 Å². The summed E-state index contributed by atoms with van der Waals surface area (Å²) in [6, 6.07) is 6.24. The number of imidazole rings is 1. The molecule has 1 unspecified atom stereocenters. The molecule has 1 aromatic carbocycles. The number of nitrogens with zero attached hydrogens (tertiary/aromatic N) is 2. The second kappa shape index (κ2) is 5.34. The Labute approximate surface area is 136 Å². The number of likely N-dealkylation sites (tertiary alicyclic amines) is 1. The number of aromatic nitrogens is 2. The zero-order chi connectivity index (χ0) is 16.0. The molecule has 3 N–H and O–H groups in total. The zero-order valence-electron chi connectivity index (χ0n) is 13.6. The normalized spacial score (nSPS) is 26.3. The van der Waals surface area contributed by atoms with Gasteiger partial charge >= 0.3 is 0 Å². The van der Waals surface area contributed by atoms with Gasteiger partial charge in [-0.25, -0.2) is 4.98 Å². The zero-order valence-corrected chi connectivity index (χ0v) is 13.6. The van der Waals surface area contributed by atoms with Crippen LogP contribution in [0.1, 0.15) is 61.6 Å². The lowest BCUT2D eigenvalue weighted by Crippen LogP contribution is -2.60. The summed E-state index contributed by atoms with van der Waals surface area (Å²) in [5.74, 6) is 0.551. The van der Waals surface area contributed by atoms with Gasteiger partial charge in [0, 0.05) is 12.6 Å². The lowest BCUT2D eigenvalue weighted by Gasteiger charge is -2.54. The van der Waals surface area contributed by atoms with E-state index in [1.54, 1.807) is 6.07 Å². The minimum absolute atomic E-state index is 0.0457. The highest BCUT2D eigenvalue weighted by Crippen LogP contribution is 2.43. The molecule has 1 saturated heterocycles. The number of aromatic amines is 1. The maximum absolute atomic E-state index is 11.6. The molecule has 0 spiro atoms. The van der Waals surface area contributed by atoms with Crippen molar-refractivity contribution >= 4 is 16.9 Å². The Morgan fingerprint density at radius 3 is 2.78 bits per heavy atom. The van der Waals surface area contributed by atoms with E-state index >= 15 is 0 Å². The van der Waals surface area contributed by atoms with Gasteiger partial charge < -0.3 is 10.7 Å². The minimum Gasteiger partial charge on any atom is -0.366 e. The number of primary amides is 1. The summed E-state index contributed by atoms with van der Waals surface area (Å²) in [4.78, 5) is 22.4. The SMILES string of the molecule is CC1(c2nc3c(C(N)=O)cccc3[nH]2)CCN1C1CCCCC1. The van der Waals surface area contributed by atoms with Crippen molar-refractivity contribution in [2.75, 3.05) is 6.54 Å². The van der Waals surface area contributed by atoms with Gasteiger partial charge in [0.1, 0.15) is 11.3 Å². The van der Waals surface area contributed by atoms with Crippen LogP contribution < -0.4 is 5.73 Å². The molecule has 5 nitrogen and oxygen atoms in total. The summed E-state index contributed by atoms with van der Waals surface area (Å²) >= 11 is 0. The second-order valence-electron chi connectivity index (χ2n) is 7.16. The van der Waals surface area contributed by atoms with E-state index in [1.807, 2.05) is 12.1 Å². The summed E-state index contributed by atoms with van der Waals surface area (Å²) in [5, 5.41) is 0. The monoisotopic (exact) mass is 312 g/mol. The van der Waals surface area contributed by atoms with Gasteiger partial charge in [0.05, 0.1) is 16.6 Å². The third kappa shape index (κ3) is 2.26. The molecule has 2 aliphatic rings. The molecule has 4 rings (SSSR count). The first kappa shape index (κ1) is 14.7. The molecule has 2 fully saturated rings. The average molecular weight is 312 g/mol. The first-order valence-electron chi connectivity index (χ1n) is 8.65. The van der Waals surface area contributed by atoms with Gasteiger partial charge in [0.15, 0.2) is 0 Å². The van der Waals surface area contributed by atoms with Gasteiger partial charge in [-0.05, 0) is 38.3 Å². The van der Waals surface area contributed by atoms with Crippen molar-refractivity contribution < 1.29 is 4.79 Å². The number of benzene rings is 1. The van der Waals surface area contributed by atoms with E-state index in [-0.39, 0.29) is 5.54 Å². The number of fused-ring (bicyclic) bond motifs is 1. The average Bonchev–Trinajstić information content (AvgIpc) is 2.98. The van der Waals surface area contributed by atoms with Crippen molar-refractivity contribution in [3.63, 3.8) is 0 Å². The second-order valence-corrected chi connectivity index (χ2v) is 7.16. The van der Waals surface area contributed by atoms with E-state index in [9.17, 15) is 4.79 Å². The predicted molar refractivity (Wildman–Crippen MR) is 90.2 cm³/mol. The highest BCUT2D eigenvalue weighted by atomic mass is 16.1. The molecular formula is C18H24N4O. The quantitative estimate of drug-likeness (QED) is 0.915. The van der Waals surface area contributed by atoms with Crippen LogP contribution >= 0.6 is 0 Å². The Bertz CT molecular complexity index is 747. The van der Waals surface area contributed by atoms with Crippen molar-refractivity contribution in [2.24, 2.45) is 5.73 Å². The van der Waals surface area contributed by atoms with Crippen LogP contribution in [-0.4, -0.2) is 33.4 Å². The summed E-state index contributed by atoms with van der Waals surface area (Å²) in [5.41, 5.74) is 7.53. The van der Waals surface area contributed by atoms with Gasteiger partial charge in [-0.3, -0.25) is 9.69 Å². The van der Waals surface area contributed by atoms with Crippen LogP contribution in [0.25, 0.3) is 11.0 Å². The molecule has 1 aliphatic heterocycles. The minimum atomic E-state index is -0.420. The van der Waals surface area contributed by atoms with Gasteiger partial charge in [-0.15, -0.1) is 0 Å². The number of nitrogens with two attached hydrogens (primary N) is 1. The van der Waals surface area contributed by atoms with Crippen LogP contribution in [0.2, 0.25) is 0 Å². The standard InChI is InChI=1S/C18H24N4O/c1-18(10-11-22(18)12-6-3-2-4-7-12)17-20-14-9-5-8-13(16(19)23)15(14)21-17/h5,8-9,12H,2-4,6-7,10-11H2,1H3,(H2,19,23)(H,20,21). The van der Waals surface area contributed by atoms with Crippen LogP contribution in [0.3, 0.4) is 0 Å². The van der Waals surface area contributed by atoms with Crippen LogP contribution in [0.15, 0.2) is 18.2 Å². The topological polar surface area (TPSA) is 75.0 Å². The number of nitrogens with one attached hydrogen (secondary N) is 1.